The van der Waals surface area contributed by atoms with Crippen LogP contribution >= 0.6 is 0 Å². The zero-order chi connectivity index (χ0) is 12.1. The van der Waals surface area contributed by atoms with Gasteiger partial charge in [0.15, 0.2) is 0 Å². The zero-order valence-corrected chi connectivity index (χ0v) is 8.70. The van der Waals surface area contributed by atoms with E-state index in [1.54, 1.807) is 19.9 Å². The number of hydrogen-bond acceptors (Lipinski definition) is 4. The highest BCUT2D eigenvalue weighted by Crippen LogP contribution is 2.04. The summed E-state index contributed by atoms with van der Waals surface area (Å²) in [6, 6.07) is 0. The van der Waals surface area contributed by atoms with Gasteiger partial charge in [-0.05, 0) is 6.42 Å². The summed E-state index contributed by atoms with van der Waals surface area (Å²) < 4.78 is 0. The van der Waals surface area contributed by atoms with Crippen LogP contribution in [0.3, 0.4) is 0 Å². The van der Waals surface area contributed by atoms with E-state index in [1.807, 2.05) is 7.05 Å². The predicted octanol–water partition coefficient (Wildman–Crippen LogP) is -2.01. The molecule has 16 heavy (non-hydrogen) atoms. The van der Waals surface area contributed by atoms with Crippen molar-refractivity contribution in [1.29, 1.82) is 0 Å². The molecule has 0 atom stereocenters. The van der Waals surface area contributed by atoms with Gasteiger partial charge in [0.05, 0.1) is 0 Å². The average Bonchev–Trinajstić information content (AvgIpc) is 2.49. The molecule has 0 aromatic carbocycles. The summed E-state index contributed by atoms with van der Waals surface area (Å²) in [5, 5.41) is 0. The van der Waals surface area contributed by atoms with Crippen molar-refractivity contribution in [3.63, 3.8) is 0 Å². The van der Waals surface area contributed by atoms with Gasteiger partial charge in [-0.2, -0.15) is 0 Å². The second-order valence-corrected chi connectivity index (χ2v) is 3.28. The first kappa shape index (κ1) is 12.0. The number of nitrogens with one attached hydrogen (secondary N) is 3. The second-order valence-electron chi connectivity index (χ2n) is 3.28. The van der Waals surface area contributed by atoms with Gasteiger partial charge >= 0.3 is 17.1 Å². The van der Waals surface area contributed by atoms with E-state index in [-0.39, 0.29) is 0 Å². The molecule has 88 valence electrons. The standard InChI is InChI=1S/C5H9NO.C3H3N3O3/c1-6-4-2-3-5(6)7;7-1-4-2(8)6-3(9)5-1/h2-4H2,1H3;(H3,4,5,6,7,8,9). The van der Waals surface area contributed by atoms with E-state index < -0.39 is 17.1 Å². The van der Waals surface area contributed by atoms with E-state index in [9.17, 15) is 19.2 Å². The topological polar surface area (TPSA) is 119 Å². The van der Waals surface area contributed by atoms with Crippen LogP contribution in [0.2, 0.25) is 0 Å². The van der Waals surface area contributed by atoms with Gasteiger partial charge in [0.1, 0.15) is 0 Å². The molecule has 1 aliphatic rings. The molecule has 1 aromatic heterocycles. The molecular formula is C8H12N4O4. The van der Waals surface area contributed by atoms with Gasteiger partial charge < -0.3 is 4.90 Å². The molecule has 0 saturated carbocycles. The van der Waals surface area contributed by atoms with E-state index in [2.05, 4.69) is 0 Å². The summed E-state index contributed by atoms with van der Waals surface area (Å²) in [4.78, 5) is 48.2. The number of carbonyl (C=O) groups is 1. The van der Waals surface area contributed by atoms with Gasteiger partial charge in [0.2, 0.25) is 5.91 Å². The van der Waals surface area contributed by atoms with Gasteiger partial charge in [-0.1, -0.05) is 0 Å². The summed E-state index contributed by atoms with van der Waals surface area (Å²) in [6.07, 6.45) is 1.81. The van der Waals surface area contributed by atoms with Crippen molar-refractivity contribution >= 4 is 5.91 Å². The lowest BCUT2D eigenvalue weighted by Gasteiger charge is -2.03. The minimum atomic E-state index is -0.802. The Balaban J connectivity index is 0.000000165. The lowest BCUT2D eigenvalue weighted by Crippen LogP contribution is -2.34. The molecule has 1 fully saturated rings. The number of hydrogen-bond donors (Lipinski definition) is 3. The lowest BCUT2D eigenvalue weighted by atomic mass is 10.4. The molecule has 1 aliphatic heterocycles. The monoisotopic (exact) mass is 228 g/mol. The van der Waals surface area contributed by atoms with E-state index in [0.717, 1.165) is 19.4 Å². The van der Waals surface area contributed by atoms with Crippen molar-refractivity contribution in [2.45, 2.75) is 12.8 Å². The summed E-state index contributed by atoms with van der Waals surface area (Å²) in [7, 11) is 1.84. The number of aromatic amines is 3. The highest BCUT2D eigenvalue weighted by molar-refractivity contribution is 5.77. The maximum absolute atomic E-state index is 10.5. The minimum Gasteiger partial charge on any atom is -0.346 e. The zero-order valence-electron chi connectivity index (χ0n) is 8.70. The Morgan fingerprint density at radius 2 is 1.38 bits per heavy atom. The fourth-order valence-electron chi connectivity index (χ4n) is 1.19. The predicted molar refractivity (Wildman–Crippen MR) is 55.2 cm³/mol. The molecule has 1 aromatic rings. The van der Waals surface area contributed by atoms with Crippen LogP contribution in [0.15, 0.2) is 14.4 Å². The molecule has 8 heteroatoms. The molecule has 0 aliphatic carbocycles. The fraction of sp³-hybridized carbons (Fsp3) is 0.500. The van der Waals surface area contributed by atoms with E-state index in [4.69, 9.17) is 0 Å². The normalized spacial score (nSPS) is 14.6. The van der Waals surface area contributed by atoms with Crippen LogP contribution in [0.5, 0.6) is 0 Å². The molecule has 3 N–H and O–H groups in total. The number of H-pyrrole nitrogens is 3. The molecule has 1 amide bonds. The summed E-state index contributed by atoms with van der Waals surface area (Å²) in [5.74, 6) is 0.292. The second kappa shape index (κ2) is 5.10. The van der Waals surface area contributed by atoms with Gasteiger partial charge in [0.25, 0.3) is 0 Å². The molecule has 0 unspecified atom stereocenters. The first-order valence-electron chi connectivity index (χ1n) is 4.66. The Labute approximate surface area is 89.3 Å². The van der Waals surface area contributed by atoms with Crippen molar-refractivity contribution in [2.24, 2.45) is 0 Å². The van der Waals surface area contributed by atoms with Gasteiger partial charge in [0, 0.05) is 20.0 Å². The third kappa shape index (κ3) is 3.56. The first-order valence-corrected chi connectivity index (χ1v) is 4.66. The molecular weight excluding hydrogens is 216 g/mol. The third-order valence-corrected chi connectivity index (χ3v) is 1.99. The number of amides is 1. The molecule has 8 nitrogen and oxygen atoms in total. The minimum absolute atomic E-state index is 0.292. The molecule has 2 rings (SSSR count). The number of rotatable bonds is 0. The van der Waals surface area contributed by atoms with Crippen LogP contribution in [0.25, 0.3) is 0 Å². The van der Waals surface area contributed by atoms with Crippen LogP contribution in [0.4, 0.5) is 0 Å². The molecule has 1 saturated heterocycles. The maximum Gasteiger partial charge on any atom is 0.330 e. The first-order chi connectivity index (χ1) is 7.49. The highest BCUT2D eigenvalue weighted by Gasteiger charge is 2.14. The van der Waals surface area contributed by atoms with Crippen molar-refractivity contribution < 1.29 is 4.79 Å². The van der Waals surface area contributed by atoms with Gasteiger partial charge in [-0.25, -0.2) is 14.4 Å². The number of carbonyl (C=O) groups excluding carboxylic acids is 1. The SMILES string of the molecule is CN1CCCC1=O.O=c1[nH]c(=O)[nH]c(=O)[nH]1. The van der Waals surface area contributed by atoms with Crippen LogP contribution in [-0.2, 0) is 4.79 Å². The number of aromatic nitrogens is 3. The Morgan fingerprint density at radius 1 is 0.938 bits per heavy atom. The summed E-state index contributed by atoms with van der Waals surface area (Å²) in [5.41, 5.74) is -2.41. The number of likely N-dealkylation sites (tertiary alicyclic amines) is 1. The van der Waals surface area contributed by atoms with Crippen molar-refractivity contribution in [3.8, 4) is 0 Å². The Bertz CT molecular complexity index is 447. The smallest absolute Gasteiger partial charge is 0.330 e. The Kier molecular flexibility index (Phi) is 3.81. The van der Waals surface area contributed by atoms with Crippen molar-refractivity contribution in [3.05, 3.63) is 31.5 Å². The Hall–Kier alpha value is -2.12. The lowest BCUT2D eigenvalue weighted by molar-refractivity contribution is -0.126. The largest absolute Gasteiger partial charge is 0.346 e. The van der Waals surface area contributed by atoms with Crippen LogP contribution in [-0.4, -0.2) is 39.4 Å². The summed E-state index contributed by atoms with van der Waals surface area (Å²) >= 11 is 0. The fourth-order valence-corrected chi connectivity index (χ4v) is 1.19. The quantitative estimate of drug-likeness (QED) is 0.475. The van der Waals surface area contributed by atoms with Crippen LogP contribution in [0, 0.1) is 0 Å². The molecule has 2 heterocycles. The molecule has 0 spiro atoms. The number of nitrogens with zero attached hydrogens (tertiary/aromatic N) is 1. The maximum atomic E-state index is 10.5. The van der Waals surface area contributed by atoms with E-state index >= 15 is 0 Å². The third-order valence-electron chi connectivity index (χ3n) is 1.99. The molecule has 0 bridgehead atoms. The van der Waals surface area contributed by atoms with Gasteiger partial charge in [-0.15, -0.1) is 0 Å². The van der Waals surface area contributed by atoms with Crippen LogP contribution in [0.1, 0.15) is 12.8 Å². The molecule has 0 radical (unpaired) electrons. The average molecular weight is 228 g/mol. The van der Waals surface area contributed by atoms with E-state index in [0.29, 0.717) is 5.91 Å². The van der Waals surface area contributed by atoms with Gasteiger partial charge in [-0.3, -0.25) is 19.7 Å². The highest BCUT2D eigenvalue weighted by atomic mass is 16.2. The summed E-state index contributed by atoms with van der Waals surface area (Å²) in [6.45, 7) is 0.957. The van der Waals surface area contributed by atoms with Crippen molar-refractivity contribution in [2.75, 3.05) is 13.6 Å². The van der Waals surface area contributed by atoms with Crippen molar-refractivity contribution in [1.82, 2.24) is 19.9 Å². The van der Waals surface area contributed by atoms with Crippen LogP contribution < -0.4 is 17.1 Å². The Morgan fingerprint density at radius 3 is 1.56 bits per heavy atom. The van der Waals surface area contributed by atoms with E-state index in [1.165, 1.54) is 0 Å².